The Balaban J connectivity index is 1.91. The molecule has 2 aromatic heterocycles. The first-order chi connectivity index (χ1) is 9.88. The highest BCUT2D eigenvalue weighted by atomic mass is 32.1. The smallest absolute Gasteiger partial charge is 0.148 e. The minimum absolute atomic E-state index is 0.786. The van der Waals surface area contributed by atoms with Crippen LogP contribution in [0.25, 0.3) is 21.5 Å². The topological polar surface area (TPSA) is 50.7 Å². The standard InChI is InChI=1S/C15H16N4S/c1-2-8-16-10-14-18-19-15(20-14)12-5-3-7-13-11(12)6-4-9-17-13/h3-7,9,16H,2,8,10H2,1H3. The van der Waals surface area contributed by atoms with Crippen molar-refractivity contribution in [1.82, 2.24) is 20.5 Å². The molecular formula is C15H16N4S. The molecule has 2 heterocycles. The van der Waals surface area contributed by atoms with Crippen molar-refractivity contribution in [3.63, 3.8) is 0 Å². The predicted octanol–water partition coefficient (Wildman–Crippen LogP) is 3.25. The Kier molecular flexibility index (Phi) is 3.99. The highest BCUT2D eigenvalue weighted by Gasteiger charge is 2.09. The van der Waals surface area contributed by atoms with Gasteiger partial charge < -0.3 is 5.32 Å². The zero-order valence-corrected chi connectivity index (χ0v) is 12.2. The summed E-state index contributed by atoms with van der Waals surface area (Å²) in [5.74, 6) is 0. The number of fused-ring (bicyclic) bond motifs is 1. The molecule has 3 aromatic rings. The summed E-state index contributed by atoms with van der Waals surface area (Å²) < 4.78 is 0. The van der Waals surface area contributed by atoms with E-state index in [-0.39, 0.29) is 0 Å². The fourth-order valence-corrected chi connectivity index (χ4v) is 2.94. The zero-order chi connectivity index (χ0) is 13.8. The number of nitrogens with zero attached hydrogens (tertiary/aromatic N) is 3. The molecule has 0 fully saturated rings. The molecule has 1 aromatic carbocycles. The quantitative estimate of drug-likeness (QED) is 0.731. The first kappa shape index (κ1) is 13.1. The maximum Gasteiger partial charge on any atom is 0.148 e. The molecule has 4 nitrogen and oxygen atoms in total. The van der Waals surface area contributed by atoms with Crippen molar-refractivity contribution in [2.24, 2.45) is 0 Å². The van der Waals surface area contributed by atoms with E-state index in [4.69, 9.17) is 0 Å². The van der Waals surface area contributed by atoms with Gasteiger partial charge in [-0.3, -0.25) is 4.98 Å². The Morgan fingerprint density at radius 1 is 1.15 bits per heavy atom. The molecule has 0 amide bonds. The Labute approximate surface area is 121 Å². The average molecular weight is 284 g/mol. The monoisotopic (exact) mass is 284 g/mol. The van der Waals surface area contributed by atoms with Crippen LogP contribution < -0.4 is 5.32 Å². The molecule has 0 radical (unpaired) electrons. The van der Waals surface area contributed by atoms with Crippen molar-refractivity contribution in [2.75, 3.05) is 6.54 Å². The van der Waals surface area contributed by atoms with Crippen molar-refractivity contribution in [3.8, 4) is 10.6 Å². The van der Waals surface area contributed by atoms with Gasteiger partial charge in [-0.25, -0.2) is 0 Å². The summed E-state index contributed by atoms with van der Waals surface area (Å²) in [6, 6.07) is 10.1. The summed E-state index contributed by atoms with van der Waals surface area (Å²) in [4.78, 5) is 4.38. The minimum atomic E-state index is 0.786. The SMILES string of the molecule is CCCNCc1nnc(-c2cccc3ncccc23)s1. The van der Waals surface area contributed by atoms with Crippen LogP contribution in [0.2, 0.25) is 0 Å². The summed E-state index contributed by atoms with van der Waals surface area (Å²) in [5, 5.41) is 15.0. The van der Waals surface area contributed by atoms with Gasteiger partial charge in [-0.2, -0.15) is 0 Å². The molecule has 20 heavy (non-hydrogen) atoms. The van der Waals surface area contributed by atoms with Crippen LogP contribution in [0.3, 0.4) is 0 Å². The van der Waals surface area contributed by atoms with Crippen molar-refractivity contribution >= 4 is 22.2 Å². The molecule has 0 saturated carbocycles. The van der Waals surface area contributed by atoms with Crippen molar-refractivity contribution in [3.05, 3.63) is 41.5 Å². The van der Waals surface area contributed by atoms with Gasteiger partial charge in [0.2, 0.25) is 0 Å². The van der Waals surface area contributed by atoms with E-state index < -0.39 is 0 Å². The maximum atomic E-state index is 4.38. The van der Waals surface area contributed by atoms with E-state index in [0.717, 1.165) is 46.0 Å². The molecule has 102 valence electrons. The van der Waals surface area contributed by atoms with E-state index in [1.165, 1.54) is 0 Å². The number of hydrogen-bond acceptors (Lipinski definition) is 5. The molecule has 5 heteroatoms. The van der Waals surface area contributed by atoms with Gasteiger partial charge in [-0.15, -0.1) is 10.2 Å². The second kappa shape index (κ2) is 6.07. The lowest BCUT2D eigenvalue weighted by molar-refractivity contribution is 0.668. The molecule has 0 spiro atoms. The van der Waals surface area contributed by atoms with Gasteiger partial charge in [0.25, 0.3) is 0 Å². The largest absolute Gasteiger partial charge is 0.310 e. The third-order valence-electron chi connectivity index (χ3n) is 3.05. The summed E-state index contributed by atoms with van der Waals surface area (Å²) in [6.07, 6.45) is 2.94. The zero-order valence-electron chi connectivity index (χ0n) is 11.3. The van der Waals surface area contributed by atoms with E-state index in [1.54, 1.807) is 11.3 Å². The van der Waals surface area contributed by atoms with Gasteiger partial charge in [0.15, 0.2) is 0 Å². The number of nitrogens with one attached hydrogen (secondary N) is 1. The number of benzene rings is 1. The van der Waals surface area contributed by atoms with Crippen LogP contribution in [0.4, 0.5) is 0 Å². The van der Waals surface area contributed by atoms with Gasteiger partial charge in [-0.1, -0.05) is 36.5 Å². The van der Waals surface area contributed by atoms with E-state index >= 15 is 0 Å². The number of hydrogen-bond donors (Lipinski definition) is 1. The summed E-state index contributed by atoms with van der Waals surface area (Å²) >= 11 is 1.64. The van der Waals surface area contributed by atoms with Crippen molar-refractivity contribution < 1.29 is 0 Å². The summed E-state index contributed by atoms with van der Waals surface area (Å²) in [6.45, 7) is 3.95. The van der Waals surface area contributed by atoms with Gasteiger partial charge in [0, 0.05) is 23.7 Å². The maximum absolute atomic E-state index is 4.38. The third kappa shape index (κ3) is 2.69. The van der Waals surface area contributed by atoms with E-state index in [2.05, 4.69) is 39.6 Å². The molecular weight excluding hydrogens is 268 g/mol. The van der Waals surface area contributed by atoms with Gasteiger partial charge >= 0.3 is 0 Å². The normalized spacial score (nSPS) is 11.1. The molecule has 0 aliphatic carbocycles. The van der Waals surface area contributed by atoms with Gasteiger partial charge in [0.05, 0.1) is 5.52 Å². The number of pyridine rings is 1. The van der Waals surface area contributed by atoms with Gasteiger partial charge in [0.1, 0.15) is 10.0 Å². The van der Waals surface area contributed by atoms with Gasteiger partial charge in [-0.05, 0) is 25.1 Å². The van der Waals surface area contributed by atoms with Crippen LogP contribution in [0.5, 0.6) is 0 Å². The lowest BCUT2D eigenvalue weighted by Crippen LogP contribution is -2.13. The number of aromatic nitrogens is 3. The third-order valence-corrected chi connectivity index (χ3v) is 4.00. The molecule has 0 unspecified atom stereocenters. The van der Waals surface area contributed by atoms with Crippen LogP contribution in [0.1, 0.15) is 18.4 Å². The Hall–Kier alpha value is -1.85. The lowest BCUT2D eigenvalue weighted by Gasteiger charge is -2.01. The molecule has 0 bridgehead atoms. The first-order valence-corrected chi connectivity index (χ1v) is 7.57. The predicted molar refractivity (Wildman–Crippen MR) is 82.6 cm³/mol. The molecule has 0 atom stereocenters. The number of rotatable bonds is 5. The van der Waals surface area contributed by atoms with E-state index in [9.17, 15) is 0 Å². The van der Waals surface area contributed by atoms with Crippen LogP contribution in [0.15, 0.2) is 36.5 Å². The molecule has 0 aliphatic rings. The second-order valence-corrected chi connectivity index (χ2v) is 5.62. The average Bonchev–Trinajstić information content (AvgIpc) is 2.96. The fourth-order valence-electron chi connectivity index (χ4n) is 2.10. The Morgan fingerprint density at radius 2 is 2.10 bits per heavy atom. The highest BCUT2D eigenvalue weighted by Crippen LogP contribution is 2.29. The molecule has 3 rings (SSSR count). The summed E-state index contributed by atoms with van der Waals surface area (Å²) in [5.41, 5.74) is 2.10. The highest BCUT2D eigenvalue weighted by molar-refractivity contribution is 7.14. The summed E-state index contributed by atoms with van der Waals surface area (Å²) in [7, 11) is 0. The first-order valence-electron chi connectivity index (χ1n) is 6.75. The second-order valence-electron chi connectivity index (χ2n) is 4.55. The Morgan fingerprint density at radius 3 is 3.00 bits per heavy atom. The molecule has 1 N–H and O–H groups in total. The van der Waals surface area contributed by atoms with Crippen LogP contribution in [-0.4, -0.2) is 21.7 Å². The lowest BCUT2D eigenvalue weighted by atomic mass is 10.1. The fraction of sp³-hybridized carbons (Fsp3) is 0.267. The van der Waals surface area contributed by atoms with E-state index in [1.807, 2.05) is 24.4 Å². The van der Waals surface area contributed by atoms with Crippen LogP contribution in [0, 0.1) is 0 Å². The molecule has 0 saturated heterocycles. The van der Waals surface area contributed by atoms with Crippen LogP contribution >= 0.6 is 11.3 Å². The van der Waals surface area contributed by atoms with Crippen molar-refractivity contribution in [1.29, 1.82) is 0 Å². The van der Waals surface area contributed by atoms with E-state index in [0.29, 0.717) is 0 Å². The van der Waals surface area contributed by atoms with Crippen LogP contribution in [-0.2, 0) is 6.54 Å². The molecule has 0 aliphatic heterocycles. The van der Waals surface area contributed by atoms with Crippen molar-refractivity contribution in [2.45, 2.75) is 19.9 Å². The minimum Gasteiger partial charge on any atom is -0.310 e. The Bertz CT molecular complexity index is 702.